The molecule has 2 rings (SSSR count). The molecule has 16 heavy (non-hydrogen) atoms. The molecule has 0 aromatic rings. The number of nitrogens with zero attached hydrogens (tertiary/aromatic N) is 1. The van der Waals surface area contributed by atoms with E-state index >= 15 is 0 Å². The third-order valence-electron chi connectivity index (χ3n) is 4.65. The van der Waals surface area contributed by atoms with E-state index in [0.717, 1.165) is 23.3 Å². The second kappa shape index (κ2) is 4.68. The minimum atomic E-state index is 0.738. The summed E-state index contributed by atoms with van der Waals surface area (Å²) in [6.07, 6.45) is 7.48. The van der Waals surface area contributed by atoms with Crippen LogP contribution in [0.4, 0.5) is 0 Å². The lowest BCUT2D eigenvalue weighted by Crippen LogP contribution is -2.60. The highest BCUT2D eigenvalue weighted by molar-refractivity contribution is 4.99. The summed E-state index contributed by atoms with van der Waals surface area (Å²) in [6, 6.07) is 0.760. The summed E-state index contributed by atoms with van der Waals surface area (Å²) in [5.74, 6) is 1.92. The lowest BCUT2D eigenvalue weighted by molar-refractivity contribution is -0.0624. The van der Waals surface area contributed by atoms with Gasteiger partial charge in [-0.3, -0.25) is 4.90 Å². The summed E-state index contributed by atoms with van der Waals surface area (Å²) in [4.78, 5) is 2.65. The molecular formula is C15H29N. The van der Waals surface area contributed by atoms with Crippen molar-refractivity contribution in [2.75, 3.05) is 13.1 Å². The Morgan fingerprint density at radius 3 is 2.44 bits per heavy atom. The molecule has 2 aliphatic rings. The fourth-order valence-electron chi connectivity index (χ4n) is 3.92. The molecule has 0 amide bonds. The van der Waals surface area contributed by atoms with Crippen molar-refractivity contribution in [1.82, 2.24) is 4.90 Å². The maximum atomic E-state index is 2.65. The molecule has 1 heterocycles. The minimum Gasteiger partial charge on any atom is -0.300 e. The average Bonchev–Trinajstić information content (AvgIpc) is 2.13. The predicted octanol–water partition coefficient (Wildman–Crippen LogP) is 3.93. The van der Waals surface area contributed by atoms with Gasteiger partial charge in [0.1, 0.15) is 0 Å². The Kier molecular flexibility index (Phi) is 3.63. The van der Waals surface area contributed by atoms with E-state index in [-0.39, 0.29) is 0 Å². The first kappa shape index (κ1) is 12.4. The third kappa shape index (κ3) is 2.61. The van der Waals surface area contributed by atoms with Gasteiger partial charge in [0.05, 0.1) is 0 Å². The molecule has 94 valence electrons. The summed E-state index contributed by atoms with van der Waals surface area (Å²) in [5, 5.41) is 0. The first-order chi connectivity index (χ1) is 7.51. The van der Waals surface area contributed by atoms with Gasteiger partial charge in [-0.2, -0.15) is 0 Å². The molecule has 2 fully saturated rings. The van der Waals surface area contributed by atoms with E-state index in [0.29, 0.717) is 0 Å². The van der Waals surface area contributed by atoms with Crippen molar-refractivity contribution in [1.29, 1.82) is 0 Å². The fourth-order valence-corrected chi connectivity index (χ4v) is 3.92. The molecule has 1 nitrogen and oxygen atoms in total. The van der Waals surface area contributed by atoms with Gasteiger partial charge in [0.15, 0.2) is 0 Å². The molecule has 0 aromatic carbocycles. The van der Waals surface area contributed by atoms with Crippen molar-refractivity contribution in [2.45, 2.75) is 65.8 Å². The van der Waals surface area contributed by atoms with E-state index in [2.05, 4.69) is 32.6 Å². The van der Waals surface area contributed by atoms with Crippen molar-refractivity contribution in [3.05, 3.63) is 0 Å². The van der Waals surface area contributed by atoms with Gasteiger partial charge < -0.3 is 0 Å². The largest absolute Gasteiger partial charge is 0.300 e. The van der Waals surface area contributed by atoms with Crippen LogP contribution in [0.2, 0.25) is 0 Å². The summed E-state index contributed by atoms with van der Waals surface area (Å²) in [6.45, 7) is 12.2. The van der Waals surface area contributed by atoms with Crippen LogP contribution in [0.15, 0.2) is 0 Å². The standard InChI is InChI=1S/C15H29N/c1-12(2)8-14-6-5-7-15(9-14)10-16(11-15)13(3)4/h12-14H,5-11H2,1-4H3. The zero-order valence-corrected chi connectivity index (χ0v) is 11.6. The highest BCUT2D eigenvalue weighted by atomic mass is 15.2. The number of likely N-dealkylation sites (tertiary alicyclic amines) is 1. The topological polar surface area (TPSA) is 3.24 Å². The molecular weight excluding hydrogens is 194 g/mol. The Morgan fingerprint density at radius 1 is 1.19 bits per heavy atom. The molecule has 1 saturated heterocycles. The molecule has 0 N–H and O–H groups in total. The molecule has 1 atom stereocenters. The van der Waals surface area contributed by atoms with Gasteiger partial charge >= 0.3 is 0 Å². The van der Waals surface area contributed by atoms with Gasteiger partial charge in [-0.05, 0) is 50.4 Å². The summed E-state index contributed by atoms with van der Waals surface area (Å²) < 4.78 is 0. The van der Waals surface area contributed by atoms with Gasteiger partial charge in [0, 0.05) is 19.1 Å². The van der Waals surface area contributed by atoms with Crippen LogP contribution in [-0.4, -0.2) is 24.0 Å². The Balaban J connectivity index is 1.84. The van der Waals surface area contributed by atoms with Gasteiger partial charge in [-0.25, -0.2) is 0 Å². The second-order valence-corrected chi connectivity index (χ2v) is 7.09. The van der Waals surface area contributed by atoms with Crippen LogP contribution < -0.4 is 0 Å². The summed E-state index contributed by atoms with van der Waals surface area (Å²) in [5.41, 5.74) is 0.738. The van der Waals surface area contributed by atoms with Crippen LogP contribution in [0.3, 0.4) is 0 Å². The van der Waals surface area contributed by atoms with Crippen molar-refractivity contribution in [2.24, 2.45) is 17.3 Å². The van der Waals surface area contributed by atoms with Crippen LogP contribution in [0.1, 0.15) is 59.8 Å². The zero-order valence-electron chi connectivity index (χ0n) is 11.6. The maximum absolute atomic E-state index is 2.65. The Hall–Kier alpha value is -0.0400. The van der Waals surface area contributed by atoms with Crippen molar-refractivity contribution in [3.63, 3.8) is 0 Å². The molecule has 1 saturated carbocycles. The molecule has 1 heteroatoms. The fraction of sp³-hybridized carbons (Fsp3) is 1.00. The Labute approximate surface area is 102 Å². The third-order valence-corrected chi connectivity index (χ3v) is 4.65. The van der Waals surface area contributed by atoms with E-state index in [1.807, 2.05) is 0 Å². The van der Waals surface area contributed by atoms with Crippen LogP contribution in [0.5, 0.6) is 0 Å². The highest BCUT2D eigenvalue weighted by Gasteiger charge is 2.46. The molecule has 1 spiro atoms. The molecule has 1 unspecified atom stereocenters. The van der Waals surface area contributed by atoms with E-state index < -0.39 is 0 Å². The van der Waals surface area contributed by atoms with Crippen molar-refractivity contribution < 1.29 is 0 Å². The molecule has 0 radical (unpaired) electrons. The van der Waals surface area contributed by atoms with Crippen LogP contribution in [0, 0.1) is 17.3 Å². The Morgan fingerprint density at radius 2 is 1.88 bits per heavy atom. The van der Waals surface area contributed by atoms with Crippen molar-refractivity contribution >= 4 is 0 Å². The molecule has 0 bridgehead atoms. The summed E-state index contributed by atoms with van der Waals surface area (Å²) in [7, 11) is 0. The van der Waals surface area contributed by atoms with E-state index in [4.69, 9.17) is 0 Å². The molecule has 1 aliphatic heterocycles. The first-order valence-electron chi connectivity index (χ1n) is 7.25. The first-order valence-corrected chi connectivity index (χ1v) is 7.25. The van der Waals surface area contributed by atoms with Gasteiger partial charge in [-0.1, -0.05) is 26.7 Å². The second-order valence-electron chi connectivity index (χ2n) is 7.09. The number of rotatable bonds is 3. The highest BCUT2D eigenvalue weighted by Crippen LogP contribution is 2.47. The summed E-state index contributed by atoms with van der Waals surface area (Å²) >= 11 is 0. The normalized spacial score (nSPS) is 30.0. The Bertz CT molecular complexity index is 226. The van der Waals surface area contributed by atoms with Gasteiger partial charge in [0.25, 0.3) is 0 Å². The number of hydrogen-bond donors (Lipinski definition) is 0. The molecule has 0 aromatic heterocycles. The molecule has 1 aliphatic carbocycles. The van der Waals surface area contributed by atoms with E-state index in [1.54, 1.807) is 0 Å². The zero-order chi connectivity index (χ0) is 11.8. The maximum Gasteiger partial charge on any atom is 0.00533 e. The van der Waals surface area contributed by atoms with E-state index in [9.17, 15) is 0 Å². The SMILES string of the molecule is CC(C)CC1CCCC2(C1)CN(C(C)C)C2. The quantitative estimate of drug-likeness (QED) is 0.700. The monoisotopic (exact) mass is 223 g/mol. The van der Waals surface area contributed by atoms with E-state index in [1.165, 1.54) is 45.2 Å². The van der Waals surface area contributed by atoms with Crippen LogP contribution >= 0.6 is 0 Å². The number of hydrogen-bond acceptors (Lipinski definition) is 1. The average molecular weight is 223 g/mol. The predicted molar refractivity (Wildman–Crippen MR) is 70.6 cm³/mol. The smallest absolute Gasteiger partial charge is 0.00533 e. The van der Waals surface area contributed by atoms with Crippen molar-refractivity contribution in [3.8, 4) is 0 Å². The lowest BCUT2D eigenvalue weighted by Gasteiger charge is -2.56. The van der Waals surface area contributed by atoms with Crippen LogP contribution in [-0.2, 0) is 0 Å². The van der Waals surface area contributed by atoms with Gasteiger partial charge in [-0.15, -0.1) is 0 Å². The van der Waals surface area contributed by atoms with Crippen LogP contribution in [0.25, 0.3) is 0 Å². The minimum absolute atomic E-state index is 0.738. The lowest BCUT2D eigenvalue weighted by atomic mass is 9.63. The van der Waals surface area contributed by atoms with Gasteiger partial charge in [0.2, 0.25) is 0 Å².